The molecule has 0 aromatic heterocycles. The number of hydrogen-bond acceptors (Lipinski definition) is 4. The van der Waals surface area contributed by atoms with Crippen LogP contribution in [0.15, 0.2) is 77.5 Å². The Morgan fingerprint density at radius 3 is 2.35 bits per heavy atom. The van der Waals surface area contributed by atoms with Gasteiger partial charge in [-0.1, -0.05) is 53.5 Å². The summed E-state index contributed by atoms with van der Waals surface area (Å²) in [5.74, 6) is 0.815. The summed E-state index contributed by atoms with van der Waals surface area (Å²) in [6.45, 7) is 0.237. The second-order valence-corrected chi connectivity index (χ2v) is 7.90. The molecule has 5 heteroatoms. The maximum Gasteiger partial charge on any atom is 0.147 e. The molecule has 0 radical (unpaired) electrons. The van der Waals surface area contributed by atoms with Gasteiger partial charge in [0, 0.05) is 16.9 Å². The summed E-state index contributed by atoms with van der Waals surface area (Å²) in [6, 6.07) is 20.7. The number of rotatable bonds is 9. The molecule has 1 heterocycles. The van der Waals surface area contributed by atoms with Crippen LogP contribution in [0.25, 0.3) is 0 Å². The molecule has 3 rings (SSSR count). The minimum Gasteiger partial charge on any atom is -0.473 e. The Bertz CT molecular complexity index is 747. The number of anilines is 1. The van der Waals surface area contributed by atoms with Gasteiger partial charge in [-0.05, 0) is 43.5 Å². The lowest BCUT2D eigenvalue weighted by Gasteiger charge is -2.21. The molecule has 2 unspecified atom stereocenters. The lowest BCUT2D eigenvalue weighted by molar-refractivity contribution is 0.125. The van der Waals surface area contributed by atoms with Gasteiger partial charge in [0.15, 0.2) is 0 Å². The van der Waals surface area contributed by atoms with Crippen LogP contribution in [0.1, 0.15) is 25.7 Å². The van der Waals surface area contributed by atoms with E-state index in [1.165, 1.54) is 4.90 Å². The van der Waals surface area contributed by atoms with Crippen molar-refractivity contribution in [3.05, 3.63) is 72.6 Å². The molecule has 4 nitrogen and oxygen atoms in total. The summed E-state index contributed by atoms with van der Waals surface area (Å²) in [5.41, 5.74) is 7.27. The lowest BCUT2D eigenvalue weighted by Crippen LogP contribution is -2.23. The first-order chi connectivity index (χ1) is 12.8. The van der Waals surface area contributed by atoms with E-state index in [0.717, 1.165) is 37.1 Å². The fraction of sp³-hybridized carbons (Fsp3) is 0.286. The topological polar surface area (TPSA) is 58.7 Å². The van der Waals surface area contributed by atoms with Gasteiger partial charge in [0.25, 0.3) is 0 Å². The number of benzene rings is 2. The molecule has 0 fully saturated rings. The van der Waals surface area contributed by atoms with E-state index in [-0.39, 0.29) is 23.5 Å². The molecule has 0 saturated carbocycles. The molecule has 0 saturated heterocycles. The summed E-state index contributed by atoms with van der Waals surface area (Å²) in [5, 5.41) is 11.0. The number of allylic oxidation sites excluding steroid dienone is 1. The molecule has 138 valence electrons. The summed E-state index contributed by atoms with van der Waals surface area (Å²) in [7, 11) is -0.233. The normalized spacial score (nSPS) is 17.5. The van der Waals surface area contributed by atoms with Gasteiger partial charge in [-0.15, -0.1) is 0 Å². The van der Waals surface area contributed by atoms with Crippen molar-refractivity contribution >= 4 is 21.7 Å². The fourth-order valence-electron chi connectivity index (χ4n) is 2.80. The van der Waals surface area contributed by atoms with Crippen molar-refractivity contribution in [1.82, 2.24) is 0 Å². The first kappa shape index (κ1) is 18.7. The third-order valence-corrected chi connectivity index (χ3v) is 6.06. The summed E-state index contributed by atoms with van der Waals surface area (Å²) in [6.07, 6.45) is 5.26. The molecule has 0 bridgehead atoms. The van der Waals surface area contributed by atoms with Gasteiger partial charge in [0.2, 0.25) is 0 Å². The average Bonchev–Trinajstić information content (AvgIpc) is 3.10. The van der Waals surface area contributed by atoms with E-state index in [1.54, 1.807) is 0 Å². The SMILES string of the molecule is NC(CCCCCO)OC1=CN(c2ccccc2)S(c2ccccc2)=C1. The zero-order valence-corrected chi connectivity index (χ0v) is 15.6. The first-order valence-electron chi connectivity index (χ1n) is 9.00. The third-order valence-electron chi connectivity index (χ3n) is 4.11. The van der Waals surface area contributed by atoms with E-state index >= 15 is 0 Å². The van der Waals surface area contributed by atoms with Crippen LogP contribution in [0.2, 0.25) is 0 Å². The predicted molar refractivity (Wildman–Crippen MR) is 110 cm³/mol. The molecule has 0 amide bonds. The van der Waals surface area contributed by atoms with E-state index in [4.69, 9.17) is 15.6 Å². The van der Waals surface area contributed by atoms with Crippen molar-refractivity contribution in [2.45, 2.75) is 36.8 Å². The minimum atomic E-state index is -0.326. The monoisotopic (exact) mass is 370 g/mol. The quantitative estimate of drug-likeness (QED) is 0.394. The number of nitrogens with zero attached hydrogens (tertiary/aromatic N) is 1. The zero-order chi connectivity index (χ0) is 18.2. The van der Waals surface area contributed by atoms with Gasteiger partial charge in [-0.3, -0.25) is 10.0 Å². The predicted octanol–water partition coefficient (Wildman–Crippen LogP) is 4.25. The molecule has 0 aliphatic carbocycles. The Morgan fingerprint density at radius 1 is 0.962 bits per heavy atom. The van der Waals surface area contributed by atoms with E-state index in [1.807, 2.05) is 30.5 Å². The Hall–Kier alpha value is -2.08. The van der Waals surface area contributed by atoms with Crippen molar-refractivity contribution in [3.63, 3.8) is 0 Å². The van der Waals surface area contributed by atoms with E-state index in [2.05, 4.69) is 46.1 Å². The highest BCUT2D eigenvalue weighted by molar-refractivity contribution is 8.16. The Kier molecular flexibility index (Phi) is 6.89. The maximum absolute atomic E-state index is 8.85. The van der Waals surface area contributed by atoms with Crippen LogP contribution < -0.4 is 10.0 Å². The number of ether oxygens (including phenoxy) is 1. The molecule has 1 aliphatic rings. The largest absolute Gasteiger partial charge is 0.473 e. The number of para-hydroxylation sites is 1. The van der Waals surface area contributed by atoms with Crippen LogP contribution in [-0.4, -0.2) is 23.3 Å². The standard InChI is InChI=1S/C21H26N2O2S/c22-21(14-8-3-9-15-24)25-19-16-23(18-10-4-1-5-11-18)26(17-19)20-12-6-2-7-13-20/h1-2,4-7,10-13,16-17,21,24H,3,8-9,14-15,22H2. The number of hydrogen-bond donors (Lipinski definition) is 2. The van der Waals surface area contributed by atoms with Crippen molar-refractivity contribution in [2.75, 3.05) is 10.9 Å². The summed E-state index contributed by atoms with van der Waals surface area (Å²) >= 11 is 0. The maximum atomic E-state index is 8.85. The van der Waals surface area contributed by atoms with Crippen LogP contribution in [0.3, 0.4) is 0 Å². The summed E-state index contributed by atoms with van der Waals surface area (Å²) < 4.78 is 8.22. The van der Waals surface area contributed by atoms with E-state index < -0.39 is 0 Å². The zero-order valence-electron chi connectivity index (χ0n) is 14.8. The number of aliphatic hydroxyl groups is 1. The van der Waals surface area contributed by atoms with Crippen LogP contribution in [0, 0.1) is 0 Å². The highest BCUT2D eigenvalue weighted by Crippen LogP contribution is 2.40. The van der Waals surface area contributed by atoms with Crippen molar-refractivity contribution < 1.29 is 9.84 Å². The highest BCUT2D eigenvalue weighted by Gasteiger charge is 2.20. The van der Waals surface area contributed by atoms with Gasteiger partial charge in [-0.2, -0.15) is 0 Å². The third kappa shape index (κ3) is 4.97. The van der Waals surface area contributed by atoms with Gasteiger partial charge >= 0.3 is 0 Å². The number of unbranched alkanes of at least 4 members (excludes halogenated alkanes) is 2. The lowest BCUT2D eigenvalue weighted by atomic mass is 10.2. The second-order valence-electron chi connectivity index (χ2n) is 6.17. The van der Waals surface area contributed by atoms with Crippen LogP contribution in [0.5, 0.6) is 0 Å². The Morgan fingerprint density at radius 2 is 1.65 bits per heavy atom. The van der Waals surface area contributed by atoms with Gasteiger partial charge in [0.1, 0.15) is 12.0 Å². The number of aliphatic hydroxyl groups excluding tert-OH is 1. The van der Waals surface area contributed by atoms with Crippen LogP contribution in [-0.2, 0) is 4.74 Å². The molecule has 0 spiro atoms. The molecular formula is C21H26N2O2S. The molecule has 1 aliphatic heterocycles. The van der Waals surface area contributed by atoms with Crippen LogP contribution >= 0.6 is 10.7 Å². The molecule has 3 N–H and O–H groups in total. The minimum absolute atomic E-state index is 0.233. The van der Waals surface area contributed by atoms with E-state index in [0.29, 0.717) is 0 Å². The van der Waals surface area contributed by atoms with Crippen molar-refractivity contribution in [1.29, 1.82) is 0 Å². The van der Waals surface area contributed by atoms with Crippen molar-refractivity contribution in [3.8, 4) is 0 Å². The molecule has 26 heavy (non-hydrogen) atoms. The van der Waals surface area contributed by atoms with Crippen molar-refractivity contribution in [2.24, 2.45) is 5.73 Å². The van der Waals surface area contributed by atoms with Gasteiger partial charge in [0.05, 0.1) is 11.9 Å². The first-order valence-corrected chi connectivity index (χ1v) is 10.2. The Balaban J connectivity index is 1.74. The second kappa shape index (κ2) is 9.57. The van der Waals surface area contributed by atoms with Crippen LogP contribution in [0.4, 0.5) is 5.69 Å². The highest BCUT2D eigenvalue weighted by atomic mass is 32.2. The molecule has 2 atom stereocenters. The smallest absolute Gasteiger partial charge is 0.147 e. The fourth-order valence-corrected chi connectivity index (χ4v) is 4.62. The molecule has 2 aromatic rings. The van der Waals surface area contributed by atoms with E-state index in [9.17, 15) is 0 Å². The summed E-state index contributed by atoms with van der Waals surface area (Å²) in [4.78, 5) is 1.24. The molecular weight excluding hydrogens is 344 g/mol. The van der Waals surface area contributed by atoms with Gasteiger partial charge < -0.3 is 9.84 Å². The van der Waals surface area contributed by atoms with Gasteiger partial charge in [-0.25, -0.2) is 0 Å². The average molecular weight is 371 g/mol. The Labute approximate surface area is 158 Å². The number of nitrogens with two attached hydrogens (primary N) is 1. The molecule has 2 aromatic carbocycles.